The Bertz CT molecular complexity index is 959. The van der Waals surface area contributed by atoms with Crippen LogP contribution in [0.2, 0.25) is 0 Å². The van der Waals surface area contributed by atoms with Crippen molar-refractivity contribution in [2.45, 2.75) is 32.5 Å². The molecule has 3 heterocycles. The van der Waals surface area contributed by atoms with Crippen LogP contribution >= 0.6 is 0 Å². The number of hydrogen-bond donors (Lipinski definition) is 1. The summed E-state index contributed by atoms with van der Waals surface area (Å²) in [6.07, 6.45) is -2.50. The molecule has 4 rings (SSSR count). The number of alkyl halides is 3. The molecule has 0 unspecified atom stereocenters. The molecule has 6 nitrogen and oxygen atoms in total. The Kier molecular flexibility index (Phi) is 5.40. The minimum absolute atomic E-state index is 0.0762. The van der Waals surface area contributed by atoms with Crippen molar-refractivity contribution in [3.8, 4) is 0 Å². The third-order valence-corrected chi connectivity index (χ3v) is 5.32. The highest BCUT2D eigenvalue weighted by molar-refractivity contribution is 5.44. The standard InChI is InChI=1S/C20H23F3N6/c1-14-2-4-16(5-3-14)13-28-10-8-15(9-11-28)12-24-17-6-7-18-25-26-19(20(21,22)23)29(18)27-17/h2-7,15H,8-13H2,1H3,(H,24,27). The van der Waals surface area contributed by atoms with Gasteiger partial charge in [0.15, 0.2) is 5.65 Å². The van der Waals surface area contributed by atoms with Crippen molar-refractivity contribution in [3.05, 3.63) is 53.3 Å². The Labute approximate surface area is 166 Å². The molecule has 0 bridgehead atoms. The van der Waals surface area contributed by atoms with Gasteiger partial charge in [0.2, 0.25) is 0 Å². The van der Waals surface area contributed by atoms with E-state index in [-0.39, 0.29) is 5.65 Å². The summed E-state index contributed by atoms with van der Waals surface area (Å²) in [5.74, 6) is -0.254. The van der Waals surface area contributed by atoms with E-state index in [1.807, 2.05) is 0 Å². The highest BCUT2D eigenvalue weighted by Crippen LogP contribution is 2.27. The van der Waals surface area contributed by atoms with Gasteiger partial charge in [-0.15, -0.1) is 15.3 Å². The Morgan fingerprint density at radius 3 is 2.45 bits per heavy atom. The molecule has 0 aliphatic carbocycles. The van der Waals surface area contributed by atoms with Crippen LogP contribution in [0, 0.1) is 12.8 Å². The first kappa shape index (κ1) is 19.6. The van der Waals surface area contributed by atoms with Gasteiger partial charge in [-0.3, -0.25) is 4.90 Å². The highest BCUT2D eigenvalue weighted by atomic mass is 19.4. The van der Waals surface area contributed by atoms with Crippen LogP contribution < -0.4 is 5.32 Å². The van der Waals surface area contributed by atoms with E-state index in [2.05, 4.69) is 56.7 Å². The molecule has 0 spiro atoms. The molecule has 154 valence electrons. The maximum Gasteiger partial charge on any atom is 0.453 e. The topological polar surface area (TPSA) is 58.3 Å². The monoisotopic (exact) mass is 404 g/mol. The number of nitrogens with zero attached hydrogens (tertiary/aromatic N) is 5. The lowest BCUT2D eigenvalue weighted by Crippen LogP contribution is -2.35. The number of aromatic nitrogens is 4. The summed E-state index contributed by atoms with van der Waals surface area (Å²) in [5.41, 5.74) is 2.66. The fourth-order valence-electron chi connectivity index (χ4n) is 3.61. The summed E-state index contributed by atoms with van der Waals surface area (Å²) in [6.45, 7) is 5.74. The molecule has 0 amide bonds. The maximum absolute atomic E-state index is 13.0. The van der Waals surface area contributed by atoms with Crippen LogP contribution in [0.3, 0.4) is 0 Å². The molecule has 1 aliphatic rings. The van der Waals surface area contributed by atoms with Gasteiger partial charge in [0.1, 0.15) is 5.82 Å². The van der Waals surface area contributed by atoms with Crippen LogP contribution in [0.1, 0.15) is 29.8 Å². The number of benzene rings is 1. The lowest BCUT2D eigenvalue weighted by molar-refractivity contribution is -0.146. The first-order valence-corrected chi connectivity index (χ1v) is 9.70. The lowest BCUT2D eigenvalue weighted by atomic mass is 9.96. The number of piperidine rings is 1. The predicted octanol–water partition coefficient (Wildman–Crippen LogP) is 3.78. The molecule has 0 saturated carbocycles. The van der Waals surface area contributed by atoms with Gasteiger partial charge in [-0.1, -0.05) is 29.8 Å². The van der Waals surface area contributed by atoms with Crippen molar-refractivity contribution in [3.63, 3.8) is 0 Å². The number of halogens is 3. The number of rotatable bonds is 5. The number of fused-ring (bicyclic) bond motifs is 1. The van der Waals surface area contributed by atoms with E-state index in [1.165, 1.54) is 17.2 Å². The molecule has 1 fully saturated rings. The molecule has 3 aromatic rings. The van der Waals surface area contributed by atoms with Crippen molar-refractivity contribution < 1.29 is 13.2 Å². The summed E-state index contributed by atoms with van der Waals surface area (Å²) >= 11 is 0. The second-order valence-corrected chi connectivity index (χ2v) is 7.60. The number of aryl methyl sites for hydroxylation is 1. The zero-order chi connectivity index (χ0) is 20.4. The highest BCUT2D eigenvalue weighted by Gasteiger charge is 2.37. The summed E-state index contributed by atoms with van der Waals surface area (Å²) < 4.78 is 39.7. The average Bonchev–Trinajstić information content (AvgIpc) is 3.13. The van der Waals surface area contributed by atoms with E-state index in [4.69, 9.17) is 0 Å². The van der Waals surface area contributed by atoms with Crippen LogP contribution in [0.4, 0.5) is 19.0 Å². The Balaban J connectivity index is 1.30. The van der Waals surface area contributed by atoms with Crippen LogP contribution in [0.5, 0.6) is 0 Å². The average molecular weight is 404 g/mol. The third kappa shape index (κ3) is 4.67. The predicted molar refractivity (Wildman–Crippen MR) is 103 cm³/mol. The Morgan fingerprint density at radius 2 is 1.76 bits per heavy atom. The fraction of sp³-hybridized carbons (Fsp3) is 0.450. The normalized spacial score (nSPS) is 16.4. The molecule has 1 aromatic carbocycles. The summed E-state index contributed by atoms with van der Waals surface area (Å²) in [4.78, 5) is 2.44. The van der Waals surface area contributed by atoms with Crippen molar-refractivity contribution in [1.82, 2.24) is 24.7 Å². The van der Waals surface area contributed by atoms with Gasteiger partial charge in [-0.05, 0) is 56.5 Å². The quantitative estimate of drug-likeness (QED) is 0.702. The first-order chi connectivity index (χ1) is 13.9. The van der Waals surface area contributed by atoms with Gasteiger partial charge in [-0.25, -0.2) is 0 Å². The van der Waals surface area contributed by atoms with Crippen LogP contribution in [0.25, 0.3) is 5.65 Å². The van der Waals surface area contributed by atoms with E-state index in [0.29, 0.717) is 18.3 Å². The molecule has 1 aliphatic heterocycles. The number of anilines is 1. The maximum atomic E-state index is 13.0. The largest absolute Gasteiger partial charge is 0.453 e. The number of hydrogen-bond acceptors (Lipinski definition) is 5. The third-order valence-electron chi connectivity index (χ3n) is 5.32. The molecule has 29 heavy (non-hydrogen) atoms. The van der Waals surface area contributed by atoms with Gasteiger partial charge < -0.3 is 5.32 Å². The summed E-state index contributed by atoms with van der Waals surface area (Å²) in [7, 11) is 0. The van der Waals surface area contributed by atoms with E-state index < -0.39 is 12.0 Å². The molecule has 1 saturated heterocycles. The second kappa shape index (κ2) is 7.98. The van der Waals surface area contributed by atoms with E-state index in [0.717, 1.165) is 37.0 Å². The van der Waals surface area contributed by atoms with Crippen molar-refractivity contribution >= 4 is 11.5 Å². The second-order valence-electron chi connectivity index (χ2n) is 7.60. The molecule has 1 N–H and O–H groups in total. The van der Waals surface area contributed by atoms with Crippen LogP contribution in [-0.4, -0.2) is 44.3 Å². The zero-order valence-electron chi connectivity index (χ0n) is 16.2. The first-order valence-electron chi connectivity index (χ1n) is 9.70. The smallest absolute Gasteiger partial charge is 0.368 e. The number of nitrogens with one attached hydrogen (secondary N) is 1. The van der Waals surface area contributed by atoms with E-state index >= 15 is 0 Å². The molecule has 9 heteroatoms. The summed E-state index contributed by atoms with van der Waals surface area (Å²) in [5, 5.41) is 13.9. The van der Waals surface area contributed by atoms with Crippen molar-refractivity contribution in [2.24, 2.45) is 5.92 Å². The molecule has 2 aromatic heterocycles. The fourth-order valence-corrected chi connectivity index (χ4v) is 3.61. The van der Waals surface area contributed by atoms with Crippen LogP contribution in [0.15, 0.2) is 36.4 Å². The van der Waals surface area contributed by atoms with E-state index in [1.54, 1.807) is 6.07 Å². The molecule has 0 atom stereocenters. The zero-order valence-corrected chi connectivity index (χ0v) is 16.2. The van der Waals surface area contributed by atoms with Crippen LogP contribution in [-0.2, 0) is 12.7 Å². The van der Waals surface area contributed by atoms with Gasteiger partial charge in [0, 0.05) is 13.1 Å². The van der Waals surface area contributed by atoms with Crippen molar-refractivity contribution in [1.29, 1.82) is 0 Å². The molecular formula is C20H23F3N6. The minimum Gasteiger partial charge on any atom is -0.368 e. The van der Waals surface area contributed by atoms with Gasteiger partial charge in [0.25, 0.3) is 5.82 Å². The number of likely N-dealkylation sites (tertiary alicyclic amines) is 1. The molecule has 0 radical (unpaired) electrons. The SMILES string of the molecule is Cc1ccc(CN2CCC(CNc3ccc4nnc(C(F)(F)F)n4n3)CC2)cc1. The van der Waals surface area contributed by atoms with Crippen molar-refractivity contribution in [2.75, 3.05) is 25.0 Å². The van der Waals surface area contributed by atoms with Gasteiger partial charge in [0.05, 0.1) is 0 Å². The van der Waals surface area contributed by atoms with Gasteiger partial charge in [-0.2, -0.15) is 17.7 Å². The van der Waals surface area contributed by atoms with Gasteiger partial charge >= 0.3 is 6.18 Å². The summed E-state index contributed by atoms with van der Waals surface area (Å²) in [6, 6.07) is 11.7. The molecular weight excluding hydrogens is 381 g/mol. The lowest BCUT2D eigenvalue weighted by Gasteiger charge is -2.32. The Hall–Kier alpha value is -2.68. The van der Waals surface area contributed by atoms with E-state index in [9.17, 15) is 13.2 Å². The minimum atomic E-state index is -4.59. The Morgan fingerprint density at radius 1 is 1.03 bits per heavy atom.